The van der Waals surface area contributed by atoms with E-state index in [0.29, 0.717) is 40.5 Å². The molecule has 0 radical (unpaired) electrons. The molecule has 0 spiro atoms. The van der Waals surface area contributed by atoms with E-state index in [0.717, 1.165) is 0 Å². The Morgan fingerprint density at radius 1 is 1.29 bits per heavy atom. The molecule has 1 atom stereocenters. The highest BCUT2D eigenvalue weighted by molar-refractivity contribution is 6.31. The van der Waals surface area contributed by atoms with Crippen LogP contribution in [0.2, 0.25) is 5.02 Å². The standard InChI is InChI=1S/C25H25ClN2O6/c1-14(2)33-10-6-9-28-21(17-7-4-5-8-27-17)20(23(30)25(28)31)22(29)18-12-15-11-16(26)13-19(32-3)24(15)34-18/h4-5,7-8,11-14,21,30H,6,9-10H2,1-3H3. The van der Waals surface area contributed by atoms with Gasteiger partial charge in [-0.25, -0.2) is 0 Å². The van der Waals surface area contributed by atoms with Crippen molar-refractivity contribution in [3.63, 3.8) is 0 Å². The number of pyridine rings is 1. The number of fused-ring (bicyclic) bond motifs is 1. The van der Waals surface area contributed by atoms with Crippen molar-refractivity contribution in [2.75, 3.05) is 20.3 Å². The van der Waals surface area contributed by atoms with E-state index in [-0.39, 0.29) is 24.0 Å². The molecule has 1 aliphatic rings. The lowest BCUT2D eigenvalue weighted by atomic mass is 9.98. The van der Waals surface area contributed by atoms with Gasteiger partial charge in [0.05, 0.1) is 24.5 Å². The smallest absolute Gasteiger partial charge is 0.290 e. The van der Waals surface area contributed by atoms with Crippen LogP contribution in [0.3, 0.4) is 0 Å². The Morgan fingerprint density at radius 2 is 2.09 bits per heavy atom. The number of aliphatic hydroxyl groups excluding tert-OH is 1. The van der Waals surface area contributed by atoms with E-state index in [2.05, 4.69) is 4.98 Å². The van der Waals surface area contributed by atoms with Crippen LogP contribution in [0.4, 0.5) is 0 Å². The number of methoxy groups -OCH3 is 1. The number of ether oxygens (including phenoxy) is 2. The normalized spacial score (nSPS) is 16.2. The molecule has 0 fully saturated rings. The molecule has 2 aromatic heterocycles. The molecule has 4 rings (SSSR count). The Hall–Kier alpha value is -3.36. The first kappa shape index (κ1) is 23.8. The van der Waals surface area contributed by atoms with Crippen molar-refractivity contribution in [1.82, 2.24) is 9.88 Å². The summed E-state index contributed by atoms with van der Waals surface area (Å²) in [4.78, 5) is 32.4. The first-order chi connectivity index (χ1) is 16.3. The van der Waals surface area contributed by atoms with Crippen LogP contribution in [0.1, 0.15) is 42.6 Å². The minimum atomic E-state index is -0.862. The van der Waals surface area contributed by atoms with Crippen molar-refractivity contribution >= 4 is 34.3 Å². The summed E-state index contributed by atoms with van der Waals surface area (Å²) in [7, 11) is 1.47. The van der Waals surface area contributed by atoms with Crippen LogP contribution in [-0.4, -0.2) is 53.0 Å². The largest absolute Gasteiger partial charge is 0.503 e. The second-order valence-corrected chi connectivity index (χ2v) is 8.59. The molecule has 0 saturated heterocycles. The number of carbonyl (C=O) groups is 2. The maximum atomic E-state index is 13.6. The first-order valence-electron chi connectivity index (χ1n) is 10.9. The summed E-state index contributed by atoms with van der Waals surface area (Å²) in [6.07, 6.45) is 2.16. The van der Waals surface area contributed by atoms with E-state index >= 15 is 0 Å². The highest BCUT2D eigenvalue weighted by Gasteiger charge is 2.45. The molecule has 8 nitrogen and oxygen atoms in total. The SMILES string of the molecule is COc1cc(Cl)cc2cc(C(=O)C3=C(O)C(=O)N(CCCOC(C)C)C3c3ccccn3)oc12. The lowest BCUT2D eigenvalue weighted by Crippen LogP contribution is -2.33. The average Bonchev–Trinajstić information content (AvgIpc) is 3.35. The van der Waals surface area contributed by atoms with Gasteiger partial charge in [-0.2, -0.15) is 0 Å². The number of amides is 1. The molecule has 0 saturated carbocycles. The van der Waals surface area contributed by atoms with Gasteiger partial charge in [0.2, 0.25) is 5.78 Å². The molecule has 1 N–H and O–H groups in total. The van der Waals surface area contributed by atoms with Crippen molar-refractivity contribution in [3.8, 4) is 5.75 Å². The Balaban J connectivity index is 1.72. The van der Waals surface area contributed by atoms with Crippen LogP contribution >= 0.6 is 11.6 Å². The summed E-state index contributed by atoms with van der Waals surface area (Å²) in [5.41, 5.74) is 0.721. The van der Waals surface area contributed by atoms with Crippen LogP contribution in [0.25, 0.3) is 11.0 Å². The van der Waals surface area contributed by atoms with E-state index in [9.17, 15) is 14.7 Å². The van der Waals surface area contributed by atoms with Crippen molar-refractivity contribution in [1.29, 1.82) is 0 Å². The summed E-state index contributed by atoms with van der Waals surface area (Å²) in [5, 5.41) is 11.8. The number of halogens is 1. The summed E-state index contributed by atoms with van der Waals surface area (Å²) in [5.74, 6) is -1.54. The lowest BCUT2D eigenvalue weighted by molar-refractivity contribution is -0.129. The van der Waals surface area contributed by atoms with E-state index in [1.54, 1.807) is 36.5 Å². The Morgan fingerprint density at radius 3 is 2.76 bits per heavy atom. The molecule has 3 heterocycles. The molecule has 34 heavy (non-hydrogen) atoms. The zero-order valence-corrected chi connectivity index (χ0v) is 19.8. The highest BCUT2D eigenvalue weighted by atomic mass is 35.5. The number of rotatable bonds is 9. The number of hydrogen-bond donors (Lipinski definition) is 1. The number of nitrogens with zero attached hydrogens (tertiary/aromatic N) is 2. The predicted molar refractivity (Wildman–Crippen MR) is 126 cm³/mol. The quantitative estimate of drug-likeness (QED) is 0.341. The molecular formula is C25H25ClN2O6. The zero-order chi connectivity index (χ0) is 24.4. The molecule has 178 valence electrons. The van der Waals surface area contributed by atoms with Crippen LogP contribution in [0, 0.1) is 0 Å². The highest BCUT2D eigenvalue weighted by Crippen LogP contribution is 2.40. The third-order valence-electron chi connectivity index (χ3n) is 5.50. The number of furan rings is 1. The molecular weight excluding hydrogens is 460 g/mol. The third-order valence-corrected chi connectivity index (χ3v) is 5.72. The van der Waals surface area contributed by atoms with Gasteiger partial charge in [-0.3, -0.25) is 14.6 Å². The van der Waals surface area contributed by atoms with Gasteiger partial charge in [0.25, 0.3) is 5.91 Å². The van der Waals surface area contributed by atoms with E-state index in [1.165, 1.54) is 18.1 Å². The van der Waals surface area contributed by atoms with Crippen molar-refractivity contribution in [2.24, 2.45) is 0 Å². The second kappa shape index (κ2) is 9.87. The van der Waals surface area contributed by atoms with Crippen molar-refractivity contribution in [3.05, 3.63) is 70.4 Å². The van der Waals surface area contributed by atoms with Gasteiger partial charge in [-0.05, 0) is 44.5 Å². The number of aromatic nitrogens is 1. The Kier molecular flexibility index (Phi) is 6.90. The number of benzene rings is 1. The fourth-order valence-electron chi connectivity index (χ4n) is 4.00. The fourth-order valence-corrected chi connectivity index (χ4v) is 4.21. The maximum Gasteiger partial charge on any atom is 0.290 e. The number of Topliss-reactive ketones (excluding diaryl/α,β-unsaturated/α-hetero) is 1. The first-order valence-corrected chi connectivity index (χ1v) is 11.3. The van der Waals surface area contributed by atoms with E-state index < -0.39 is 23.5 Å². The zero-order valence-electron chi connectivity index (χ0n) is 19.1. The van der Waals surface area contributed by atoms with Crippen molar-refractivity contribution < 1.29 is 28.6 Å². The monoisotopic (exact) mass is 484 g/mol. The Labute approximate surface area is 201 Å². The van der Waals surface area contributed by atoms with E-state index in [4.69, 9.17) is 25.5 Å². The average molecular weight is 485 g/mol. The topological polar surface area (TPSA) is 102 Å². The summed E-state index contributed by atoms with van der Waals surface area (Å²) in [6.45, 7) is 4.57. The van der Waals surface area contributed by atoms with Crippen LogP contribution in [0.15, 0.2) is 58.3 Å². The van der Waals surface area contributed by atoms with Crippen molar-refractivity contribution in [2.45, 2.75) is 32.4 Å². The number of ketones is 1. The summed E-state index contributed by atoms with van der Waals surface area (Å²) >= 11 is 6.14. The van der Waals surface area contributed by atoms with Crippen LogP contribution < -0.4 is 4.74 Å². The molecule has 3 aromatic rings. The molecule has 0 bridgehead atoms. The summed E-state index contributed by atoms with van der Waals surface area (Å²) in [6, 6.07) is 9.09. The minimum absolute atomic E-state index is 0.0455. The number of hydrogen-bond acceptors (Lipinski definition) is 7. The minimum Gasteiger partial charge on any atom is -0.503 e. The van der Waals surface area contributed by atoms with Gasteiger partial charge in [0, 0.05) is 35.8 Å². The third kappa shape index (κ3) is 4.51. The van der Waals surface area contributed by atoms with Gasteiger partial charge < -0.3 is 23.9 Å². The second-order valence-electron chi connectivity index (χ2n) is 8.16. The molecule has 1 aromatic carbocycles. The van der Waals surface area contributed by atoms with Gasteiger partial charge >= 0.3 is 0 Å². The van der Waals surface area contributed by atoms with Gasteiger partial charge in [-0.1, -0.05) is 17.7 Å². The molecule has 1 aliphatic heterocycles. The summed E-state index contributed by atoms with van der Waals surface area (Å²) < 4.78 is 16.7. The predicted octanol–water partition coefficient (Wildman–Crippen LogP) is 4.88. The van der Waals surface area contributed by atoms with Crippen LogP contribution in [0.5, 0.6) is 5.75 Å². The van der Waals surface area contributed by atoms with Crippen LogP contribution in [-0.2, 0) is 9.53 Å². The number of carbonyl (C=O) groups excluding carboxylic acids is 2. The lowest BCUT2D eigenvalue weighted by Gasteiger charge is -2.26. The van der Waals surface area contributed by atoms with E-state index in [1.807, 2.05) is 13.8 Å². The van der Waals surface area contributed by atoms with Gasteiger partial charge in [0.1, 0.15) is 6.04 Å². The number of aliphatic hydroxyl groups is 1. The molecule has 9 heteroatoms. The maximum absolute atomic E-state index is 13.6. The Bertz CT molecular complexity index is 1250. The molecule has 1 unspecified atom stereocenters. The molecule has 1 amide bonds. The fraction of sp³-hybridized carbons (Fsp3) is 0.320. The van der Waals surface area contributed by atoms with Gasteiger partial charge in [-0.15, -0.1) is 0 Å². The van der Waals surface area contributed by atoms with Gasteiger partial charge in [0.15, 0.2) is 22.9 Å². The molecule has 0 aliphatic carbocycles.